The molecule has 18 heavy (non-hydrogen) atoms. The maximum Gasteiger partial charge on any atom is 0.232 e. The molecule has 0 aromatic heterocycles. The van der Waals surface area contributed by atoms with Crippen LogP contribution < -0.4 is 10.6 Å². The highest BCUT2D eigenvalue weighted by atomic mass is 19.1. The number of amides is 1. The molecule has 1 fully saturated rings. The third kappa shape index (κ3) is 1.51. The molecule has 2 atom stereocenters. The van der Waals surface area contributed by atoms with Crippen molar-refractivity contribution in [1.29, 1.82) is 0 Å². The lowest BCUT2D eigenvalue weighted by Gasteiger charge is -2.27. The zero-order valence-corrected chi connectivity index (χ0v) is 10.6. The molecule has 2 unspecified atom stereocenters. The topological polar surface area (TPSA) is 41.1 Å². The van der Waals surface area contributed by atoms with Crippen molar-refractivity contribution in [1.82, 2.24) is 0 Å². The minimum atomic E-state index is -0.386. The second kappa shape index (κ2) is 3.70. The molecule has 0 saturated heterocycles. The highest BCUT2D eigenvalue weighted by molar-refractivity contribution is 6.00. The average Bonchev–Trinajstić information content (AvgIpc) is 2.64. The lowest BCUT2D eigenvalue weighted by Crippen LogP contribution is -2.41. The normalized spacial score (nSPS) is 29.9. The summed E-state index contributed by atoms with van der Waals surface area (Å²) >= 11 is 0. The molecule has 1 aliphatic heterocycles. The number of hydrogen-bond acceptors (Lipinski definition) is 2. The van der Waals surface area contributed by atoms with Crippen LogP contribution >= 0.6 is 0 Å². The average molecular weight is 248 g/mol. The first-order chi connectivity index (χ1) is 8.50. The Morgan fingerprint density at radius 1 is 1.39 bits per heavy atom. The minimum absolute atomic E-state index is 0.000460. The number of anilines is 2. The highest BCUT2D eigenvalue weighted by Gasteiger charge is 2.46. The van der Waals surface area contributed by atoms with Crippen molar-refractivity contribution >= 4 is 17.3 Å². The van der Waals surface area contributed by atoms with Crippen molar-refractivity contribution < 1.29 is 9.18 Å². The summed E-state index contributed by atoms with van der Waals surface area (Å²) in [6.45, 7) is 3.72. The Bertz CT molecular complexity index is 529. The van der Waals surface area contributed by atoms with Gasteiger partial charge in [0, 0.05) is 6.04 Å². The summed E-state index contributed by atoms with van der Waals surface area (Å²) < 4.78 is 13.6. The number of carbonyl (C=O) groups is 1. The fourth-order valence-corrected chi connectivity index (χ4v) is 3.03. The summed E-state index contributed by atoms with van der Waals surface area (Å²) in [4.78, 5) is 12.3. The maximum atomic E-state index is 13.6. The first-order valence-corrected chi connectivity index (χ1v) is 6.39. The van der Waals surface area contributed by atoms with E-state index in [2.05, 4.69) is 10.6 Å². The van der Waals surface area contributed by atoms with Crippen LogP contribution in [0.5, 0.6) is 0 Å². The number of aryl methyl sites for hydroxylation is 1. The SMILES string of the molecule is Cc1cc2c(cc1F)NC(=O)C1(C)CCCC1N2. The molecule has 1 aliphatic carbocycles. The molecule has 2 N–H and O–H groups in total. The van der Waals surface area contributed by atoms with E-state index in [0.717, 1.165) is 24.9 Å². The number of carbonyl (C=O) groups excluding carboxylic acids is 1. The molecule has 0 bridgehead atoms. The fourth-order valence-electron chi connectivity index (χ4n) is 3.03. The molecule has 3 rings (SSSR count). The first kappa shape index (κ1) is 11.5. The third-order valence-corrected chi connectivity index (χ3v) is 4.35. The number of fused-ring (bicyclic) bond motifs is 2. The summed E-state index contributed by atoms with van der Waals surface area (Å²) in [5.41, 5.74) is 1.59. The van der Waals surface area contributed by atoms with Gasteiger partial charge in [0.1, 0.15) is 5.82 Å². The Morgan fingerprint density at radius 2 is 2.17 bits per heavy atom. The van der Waals surface area contributed by atoms with Gasteiger partial charge in [-0.1, -0.05) is 6.42 Å². The van der Waals surface area contributed by atoms with Gasteiger partial charge >= 0.3 is 0 Å². The van der Waals surface area contributed by atoms with E-state index in [1.165, 1.54) is 6.07 Å². The Labute approximate surface area is 106 Å². The molecule has 0 spiro atoms. The summed E-state index contributed by atoms with van der Waals surface area (Å²) in [7, 11) is 0. The second-order valence-electron chi connectivity index (χ2n) is 5.61. The Hall–Kier alpha value is -1.58. The first-order valence-electron chi connectivity index (χ1n) is 6.39. The van der Waals surface area contributed by atoms with Gasteiger partial charge in [-0.2, -0.15) is 0 Å². The van der Waals surface area contributed by atoms with Crippen LogP contribution in [0.1, 0.15) is 31.7 Å². The molecule has 1 amide bonds. The number of benzene rings is 1. The van der Waals surface area contributed by atoms with Crippen LogP contribution in [0.25, 0.3) is 0 Å². The van der Waals surface area contributed by atoms with Crippen LogP contribution in [-0.2, 0) is 4.79 Å². The van der Waals surface area contributed by atoms with Gasteiger partial charge in [0.25, 0.3) is 0 Å². The van der Waals surface area contributed by atoms with E-state index in [1.54, 1.807) is 13.0 Å². The molecule has 3 nitrogen and oxygen atoms in total. The molecule has 0 radical (unpaired) electrons. The molecular formula is C14H17FN2O. The fraction of sp³-hybridized carbons (Fsp3) is 0.500. The van der Waals surface area contributed by atoms with Crippen molar-refractivity contribution in [3.63, 3.8) is 0 Å². The Kier molecular flexibility index (Phi) is 2.37. The van der Waals surface area contributed by atoms with Crippen LogP contribution in [0, 0.1) is 18.2 Å². The number of rotatable bonds is 0. The molecule has 2 aliphatic rings. The smallest absolute Gasteiger partial charge is 0.232 e. The number of hydrogen-bond donors (Lipinski definition) is 2. The van der Waals surface area contributed by atoms with Crippen LogP contribution in [0.4, 0.5) is 15.8 Å². The van der Waals surface area contributed by atoms with Gasteiger partial charge in [-0.25, -0.2) is 4.39 Å². The zero-order chi connectivity index (χ0) is 12.9. The van der Waals surface area contributed by atoms with E-state index in [1.807, 2.05) is 6.92 Å². The standard InChI is InChI=1S/C14H17FN2O/c1-8-6-10-11(7-9(8)15)17-13(18)14(2)5-3-4-12(14)16-10/h6-7,12,16H,3-5H2,1-2H3,(H,17,18). The molecule has 1 saturated carbocycles. The summed E-state index contributed by atoms with van der Waals surface area (Å²) in [5, 5.41) is 6.27. The van der Waals surface area contributed by atoms with Crippen LogP contribution in [0.2, 0.25) is 0 Å². The molecule has 96 valence electrons. The van der Waals surface area contributed by atoms with Crippen LogP contribution in [-0.4, -0.2) is 11.9 Å². The quantitative estimate of drug-likeness (QED) is 0.741. The summed E-state index contributed by atoms with van der Waals surface area (Å²) in [6, 6.07) is 3.32. The maximum absolute atomic E-state index is 13.6. The van der Waals surface area contributed by atoms with E-state index >= 15 is 0 Å². The number of nitrogens with one attached hydrogen (secondary N) is 2. The van der Waals surface area contributed by atoms with E-state index in [4.69, 9.17) is 0 Å². The van der Waals surface area contributed by atoms with Gasteiger partial charge in [-0.05, 0) is 44.4 Å². The minimum Gasteiger partial charge on any atom is -0.380 e. The zero-order valence-electron chi connectivity index (χ0n) is 10.6. The molecule has 1 aromatic rings. The van der Waals surface area contributed by atoms with Gasteiger partial charge < -0.3 is 10.6 Å². The van der Waals surface area contributed by atoms with Gasteiger partial charge in [0.05, 0.1) is 16.8 Å². The molecule has 1 aromatic carbocycles. The van der Waals surface area contributed by atoms with Crippen molar-refractivity contribution in [3.8, 4) is 0 Å². The van der Waals surface area contributed by atoms with Gasteiger partial charge in [0.15, 0.2) is 0 Å². The summed E-state index contributed by atoms with van der Waals surface area (Å²) in [6.07, 6.45) is 2.92. The molecule has 1 heterocycles. The molecular weight excluding hydrogens is 231 g/mol. The lowest BCUT2D eigenvalue weighted by molar-refractivity contribution is -0.124. The van der Waals surface area contributed by atoms with Crippen molar-refractivity contribution in [2.24, 2.45) is 5.41 Å². The summed E-state index contributed by atoms with van der Waals surface area (Å²) in [5.74, 6) is -0.285. The predicted molar refractivity (Wildman–Crippen MR) is 69.1 cm³/mol. The predicted octanol–water partition coefficient (Wildman–Crippen LogP) is 3.06. The second-order valence-corrected chi connectivity index (χ2v) is 5.61. The van der Waals surface area contributed by atoms with E-state index < -0.39 is 0 Å². The van der Waals surface area contributed by atoms with Gasteiger partial charge in [-0.3, -0.25) is 4.79 Å². The van der Waals surface area contributed by atoms with Crippen molar-refractivity contribution in [2.75, 3.05) is 10.6 Å². The lowest BCUT2D eigenvalue weighted by atomic mass is 9.84. The van der Waals surface area contributed by atoms with E-state index in [-0.39, 0.29) is 23.2 Å². The van der Waals surface area contributed by atoms with E-state index in [9.17, 15) is 9.18 Å². The van der Waals surface area contributed by atoms with Crippen LogP contribution in [0.15, 0.2) is 12.1 Å². The van der Waals surface area contributed by atoms with E-state index in [0.29, 0.717) is 11.3 Å². The van der Waals surface area contributed by atoms with Crippen molar-refractivity contribution in [3.05, 3.63) is 23.5 Å². The van der Waals surface area contributed by atoms with Crippen LogP contribution in [0.3, 0.4) is 0 Å². The molecule has 4 heteroatoms. The third-order valence-electron chi connectivity index (χ3n) is 4.35. The highest BCUT2D eigenvalue weighted by Crippen LogP contribution is 2.44. The Morgan fingerprint density at radius 3 is 2.94 bits per heavy atom. The Balaban J connectivity index is 2.08. The number of halogens is 1. The van der Waals surface area contributed by atoms with Gasteiger partial charge in [0.2, 0.25) is 5.91 Å². The van der Waals surface area contributed by atoms with Crippen molar-refractivity contribution in [2.45, 2.75) is 39.2 Å². The monoisotopic (exact) mass is 248 g/mol. The largest absolute Gasteiger partial charge is 0.380 e. The van der Waals surface area contributed by atoms with Gasteiger partial charge in [-0.15, -0.1) is 0 Å².